The molecule has 0 aliphatic carbocycles. The smallest absolute Gasteiger partial charge is 0.250 e. The third kappa shape index (κ3) is 2.88. The van der Waals surface area contributed by atoms with E-state index in [0.29, 0.717) is 25.9 Å². The number of carbonyl (C=O) groups excluding carboxylic acids is 2. The van der Waals surface area contributed by atoms with E-state index < -0.39 is 5.54 Å². The number of rotatable bonds is 2. The molecule has 134 valence electrons. The van der Waals surface area contributed by atoms with Crippen molar-refractivity contribution in [2.45, 2.75) is 44.2 Å². The lowest BCUT2D eigenvalue weighted by atomic mass is 9.84. The topological polar surface area (TPSA) is 64.7 Å². The van der Waals surface area contributed by atoms with Gasteiger partial charge >= 0.3 is 0 Å². The molecule has 6 heteroatoms. The molecular weight excluding hydrogens is 316 g/mol. The van der Waals surface area contributed by atoms with Crippen LogP contribution in [0.1, 0.15) is 32.6 Å². The molecule has 1 spiro atoms. The number of hydrogen-bond acceptors (Lipinski definition) is 4. The maximum atomic E-state index is 12.8. The van der Waals surface area contributed by atoms with Crippen LogP contribution >= 0.6 is 0 Å². The Labute approximate surface area is 148 Å². The Kier molecular flexibility index (Phi) is 4.15. The van der Waals surface area contributed by atoms with Crippen LogP contribution in [0.25, 0.3) is 0 Å². The maximum absolute atomic E-state index is 12.8. The predicted molar refractivity (Wildman–Crippen MR) is 97.5 cm³/mol. The molecule has 1 aromatic rings. The molecule has 3 aliphatic heterocycles. The summed E-state index contributed by atoms with van der Waals surface area (Å²) in [6.45, 7) is 5.30. The van der Waals surface area contributed by atoms with Gasteiger partial charge in [-0.1, -0.05) is 12.1 Å². The lowest BCUT2D eigenvalue weighted by Gasteiger charge is -2.45. The highest BCUT2D eigenvalue weighted by Gasteiger charge is 2.45. The summed E-state index contributed by atoms with van der Waals surface area (Å²) in [5, 5.41) is 6.46. The monoisotopic (exact) mass is 342 g/mol. The minimum atomic E-state index is -0.595. The van der Waals surface area contributed by atoms with Crippen molar-refractivity contribution in [1.82, 2.24) is 9.80 Å². The third-order valence-corrected chi connectivity index (χ3v) is 5.96. The van der Waals surface area contributed by atoms with Crippen molar-refractivity contribution in [3.63, 3.8) is 0 Å². The van der Waals surface area contributed by atoms with Gasteiger partial charge in [-0.2, -0.15) is 0 Å². The quantitative estimate of drug-likeness (QED) is 0.862. The van der Waals surface area contributed by atoms with Gasteiger partial charge in [0, 0.05) is 13.1 Å². The van der Waals surface area contributed by atoms with E-state index in [9.17, 15) is 9.59 Å². The summed E-state index contributed by atoms with van der Waals surface area (Å²) in [5.74, 6) is 0.222. The number of amides is 2. The molecule has 0 bridgehead atoms. The number of nitrogens with zero attached hydrogens (tertiary/aromatic N) is 2. The number of nitrogens with one attached hydrogen (secondary N) is 2. The van der Waals surface area contributed by atoms with Crippen LogP contribution in [0, 0.1) is 0 Å². The highest BCUT2D eigenvalue weighted by molar-refractivity contribution is 6.06. The molecule has 2 amide bonds. The van der Waals surface area contributed by atoms with Crippen molar-refractivity contribution in [2.75, 3.05) is 36.8 Å². The first kappa shape index (κ1) is 16.4. The Morgan fingerprint density at radius 1 is 1.08 bits per heavy atom. The molecule has 0 unspecified atom stereocenters. The summed E-state index contributed by atoms with van der Waals surface area (Å²) in [4.78, 5) is 29.7. The second kappa shape index (κ2) is 6.33. The fourth-order valence-corrected chi connectivity index (χ4v) is 4.27. The molecule has 2 fully saturated rings. The fraction of sp³-hybridized carbons (Fsp3) is 0.579. The van der Waals surface area contributed by atoms with Crippen LogP contribution in [0.5, 0.6) is 0 Å². The molecule has 0 radical (unpaired) electrons. The van der Waals surface area contributed by atoms with Crippen LogP contribution in [0.4, 0.5) is 11.4 Å². The van der Waals surface area contributed by atoms with E-state index >= 15 is 0 Å². The number of piperidine rings is 1. The fourth-order valence-electron chi connectivity index (χ4n) is 4.27. The number of anilines is 2. The number of hydrogen-bond donors (Lipinski definition) is 2. The zero-order valence-corrected chi connectivity index (χ0v) is 14.8. The van der Waals surface area contributed by atoms with Gasteiger partial charge in [0.15, 0.2) is 0 Å². The molecule has 3 heterocycles. The zero-order chi connectivity index (χ0) is 17.4. The van der Waals surface area contributed by atoms with Gasteiger partial charge in [-0.25, -0.2) is 0 Å². The van der Waals surface area contributed by atoms with Gasteiger partial charge in [-0.3, -0.25) is 14.5 Å². The molecule has 2 N–H and O–H groups in total. The number of benzene rings is 1. The number of likely N-dealkylation sites (tertiary alicyclic amines) is 2. The molecule has 1 aromatic carbocycles. The van der Waals surface area contributed by atoms with Crippen LogP contribution in [-0.4, -0.2) is 59.4 Å². The Morgan fingerprint density at radius 2 is 1.72 bits per heavy atom. The molecule has 6 nitrogen and oxygen atoms in total. The summed E-state index contributed by atoms with van der Waals surface area (Å²) < 4.78 is 0. The van der Waals surface area contributed by atoms with Crippen LogP contribution in [0.15, 0.2) is 24.3 Å². The van der Waals surface area contributed by atoms with Crippen molar-refractivity contribution in [3.8, 4) is 0 Å². The molecular formula is C19H26N4O2. The molecule has 4 rings (SSSR count). The van der Waals surface area contributed by atoms with Crippen molar-refractivity contribution in [3.05, 3.63) is 24.3 Å². The van der Waals surface area contributed by atoms with Crippen molar-refractivity contribution in [2.24, 2.45) is 0 Å². The summed E-state index contributed by atoms with van der Waals surface area (Å²) in [7, 11) is 0. The van der Waals surface area contributed by atoms with Gasteiger partial charge in [0.1, 0.15) is 5.54 Å². The van der Waals surface area contributed by atoms with Gasteiger partial charge in [0.25, 0.3) is 0 Å². The van der Waals surface area contributed by atoms with Gasteiger partial charge in [0.2, 0.25) is 11.8 Å². The van der Waals surface area contributed by atoms with Crippen LogP contribution < -0.4 is 10.6 Å². The zero-order valence-electron chi connectivity index (χ0n) is 14.8. The van der Waals surface area contributed by atoms with E-state index in [2.05, 4.69) is 15.5 Å². The highest BCUT2D eigenvalue weighted by atomic mass is 16.2. The van der Waals surface area contributed by atoms with Gasteiger partial charge in [-0.05, 0) is 57.8 Å². The van der Waals surface area contributed by atoms with Crippen LogP contribution in [0.2, 0.25) is 0 Å². The van der Waals surface area contributed by atoms with E-state index in [1.165, 1.54) is 12.8 Å². The minimum absolute atomic E-state index is 0.0193. The Hall–Kier alpha value is -2.08. The lowest BCUT2D eigenvalue weighted by Crippen LogP contribution is -2.60. The van der Waals surface area contributed by atoms with E-state index in [0.717, 1.165) is 24.5 Å². The van der Waals surface area contributed by atoms with Crippen LogP contribution in [0.3, 0.4) is 0 Å². The molecule has 0 saturated carbocycles. The predicted octanol–water partition coefficient (Wildman–Crippen LogP) is 1.90. The van der Waals surface area contributed by atoms with Crippen molar-refractivity contribution in [1.29, 1.82) is 0 Å². The normalized spacial score (nSPS) is 23.7. The first-order chi connectivity index (χ1) is 12.1. The van der Waals surface area contributed by atoms with Crippen LogP contribution in [-0.2, 0) is 9.59 Å². The van der Waals surface area contributed by atoms with Crippen molar-refractivity contribution < 1.29 is 9.59 Å². The molecule has 2 saturated heterocycles. The average Bonchev–Trinajstić information content (AvgIpc) is 3.17. The first-order valence-corrected chi connectivity index (χ1v) is 9.31. The minimum Gasteiger partial charge on any atom is -0.369 e. The summed E-state index contributed by atoms with van der Waals surface area (Å²) >= 11 is 0. The number of carbonyl (C=O) groups is 2. The standard InChI is InChI=1S/C19H26N4O2/c1-14(22-10-4-5-11-22)17(24)23-12-8-19(9-13-23)18(25)20-15-6-2-3-7-16(15)21-19/h2-3,6-7,14,21H,4-5,8-13H2,1H3,(H,20,25)/t14-/m1/s1. The Morgan fingerprint density at radius 3 is 2.40 bits per heavy atom. The maximum Gasteiger partial charge on any atom is 0.250 e. The van der Waals surface area contributed by atoms with E-state index in [4.69, 9.17) is 0 Å². The summed E-state index contributed by atoms with van der Waals surface area (Å²) in [6, 6.07) is 7.73. The number of para-hydroxylation sites is 2. The Bertz CT molecular complexity index is 676. The van der Waals surface area contributed by atoms with Gasteiger partial charge in [-0.15, -0.1) is 0 Å². The Balaban J connectivity index is 1.42. The van der Waals surface area contributed by atoms with Gasteiger partial charge in [0.05, 0.1) is 17.4 Å². The van der Waals surface area contributed by atoms with E-state index in [-0.39, 0.29) is 17.9 Å². The van der Waals surface area contributed by atoms with E-state index in [1.807, 2.05) is 36.1 Å². The molecule has 0 aromatic heterocycles. The van der Waals surface area contributed by atoms with Crippen molar-refractivity contribution >= 4 is 23.2 Å². The molecule has 3 aliphatic rings. The van der Waals surface area contributed by atoms with E-state index in [1.54, 1.807) is 0 Å². The lowest BCUT2D eigenvalue weighted by molar-refractivity contribution is -0.139. The van der Waals surface area contributed by atoms with Gasteiger partial charge < -0.3 is 15.5 Å². The summed E-state index contributed by atoms with van der Waals surface area (Å²) in [5.41, 5.74) is 1.20. The largest absolute Gasteiger partial charge is 0.369 e. The SMILES string of the molecule is C[C@H](C(=O)N1CCC2(CC1)Nc1ccccc1NC2=O)N1CCCC1. The number of fused-ring (bicyclic) bond motifs is 1. The second-order valence-electron chi connectivity index (χ2n) is 7.45. The first-order valence-electron chi connectivity index (χ1n) is 9.31. The average molecular weight is 342 g/mol. The second-order valence-corrected chi connectivity index (χ2v) is 7.45. The molecule has 1 atom stereocenters. The third-order valence-electron chi connectivity index (χ3n) is 5.96. The molecule has 25 heavy (non-hydrogen) atoms. The highest BCUT2D eigenvalue weighted by Crippen LogP contribution is 2.36. The summed E-state index contributed by atoms with van der Waals surface area (Å²) in [6.07, 6.45) is 3.66.